The standard InChI is InChI=1S/C29H40O9/c1-14-8-23(31)29(34)25(36-14)37-20-10-16-4-5-18-17(26(16,2)12-21(20)38-29)6-7-27(3)19(11-22(30)28(18,27)33)15-9-24(32)35-13-15/h9,14,16-22,25,30,33-34H,4-8,10-13H2,1-3H3/t14-,16+,17+,18-,19-,20-,21-,22-,25+,26+,27-,28-,29+/m1/s1. The van der Waals surface area contributed by atoms with Crippen molar-refractivity contribution in [2.75, 3.05) is 6.61 Å². The van der Waals surface area contributed by atoms with Crippen molar-refractivity contribution in [2.45, 2.75) is 114 Å². The van der Waals surface area contributed by atoms with E-state index in [9.17, 15) is 24.9 Å². The summed E-state index contributed by atoms with van der Waals surface area (Å²) in [6.45, 7) is 6.38. The predicted octanol–water partition coefficient (Wildman–Crippen LogP) is 2.00. The Morgan fingerprint density at radius 1 is 1.00 bits per heavy atom. The van der Waals surface area contributed by atoms with Gasteiger partial charge in [0.1, 0.15) is 6.61 Å². The molecule has 3 N–H and O–H groups in total. The highest BCUT2D eigenvalue weighted by Gasteiger charge is 2.72. The van der Waals surface area contributed by atoms with Crippen LogP contribution < -0.4 is 0 Å². The van der Waals surface area contributed by atoms with E-state index in [0.717, 1.165) is 37.7 Å². The monoisotopic (exact) mass is 532 g/mol. The average Bonchev–Trinajstić information content (AvgIpc) is 3.36. The van der Waals surface area contributed by atoms with Crippen LogP contribution in [0.5, 0.6) is 0 Å². The first kappa shape index (κ1) is 25.6. The first-order valence-corrected chi connectivity index (χ1v) is 14.4. The van der Waals surface area contributed by atoms with Crippen molar-refractivity contribution in [3.05, 3.63) is 11.6 Å². The van der Waals surface area contributed by atoms with E-state index in [-0.39, 0.29) is 54.4 Å². The lowest BCUT2D eigenvalue weighted by atomic mass is 9.42. The highest BCUT2D eigenvalue weighted by Crippen LogP contribution is 2.70. The van der Waals surface area contributed by atoms with Crippen LogP contribution in [0, 0.1) is 34.5 Å². The zero-order chi connectivity index (χ0) is 26.8. The molecule has 210 valence electrons. The van der Waals surface area contributed by atoms with Gasteiger partial charge in [-0.05, 0) is 86.5 Å². The molecule has 0 aromatic carbocycles. The zero-order valence-corrected chi connectivity index (χ0v) is 22.4. The number of cyclic esters (lactones) is 1. The Labute approximate surface area is 222 Å². The van der Waals surface area contributed by atoms with E-state index in [1.807, 2.05) is 0 Å². The van der Waals surface area contributed by atoms with Crippen LogP contribution in [0.3, 0.4) is 0 Å². The largest absolute Gasteiger partial charge is 0.458 e. The number of aliphatic hydroxyl groups excluding tert-OH is 1. The number of ether oxygens (including phenoxy) is 4. The third kappa shape index (κ3) is 3.15. The van der Waals surface area contributed by atoms with Crippen molar-refractivity contribution < 1.29 is 43.9 Å². The van der Waals surface area contributed by atoms with Gasteiger partial charge in [-0.3, -0.25) is 4.79 Å². The zero-order valence-electron chi connectivity index (χ0n) is 22.4. The molecule has 0 unspecified atom stereocenters. The minimum atomic E-state index is -2.09. The Morgan fingerprint density at radius 2 is 1.79 bits per heavy atom. The lowest BCUT2D eigenvalue weighted by molar-refractivity contribution is -0.414. The molecule has 0 bridgehead atoms. The van der Waals surface area contributed by atoms with Gasteiger partial charge in [0, 0.05) is 17.9 Å². The first-order chi connectivity index (χ1) is 17.9. The number of fused-ring (bicyclic) bond motifs is 7. The summed E-state index contributed by atoms with van der Waals surface area (Å²) >= 11 is 0. The first-order valence-electron chi connectivity index (χ1n) is 14.4. The molecule has 6 fully saturated rings. The van der Waals surface area contributed by atoms with Gasteiger partial charge in [0.25, 0.3) is 5.79 Å². The maximum absolute atomic E-state index is 12.8. The van der Waals surface area contributed by atoms with Crippen molar-refractivity contribution in [3.63, 3.8) is 0 Å². The van der Waals surface area contributed by atoms with Crippen LogP contribution in [0.4, 0.5) is 0 Å². The van der Waals surface area contributed by atoms with Crippen LogP contribution in [0.25, 0.3) is 0 Å². The van der Waals surface area contributed by atoms with Crippen molar-refractivity contribution in [1.29, 1.82) is 0 Å². The number of aliphatic hydroxyl groups is 3. The van der Waals surface area contributed by atoms with Gasteiger partial charge in [0.15, 0.2) is 5.78 Å². The van der Waals surface area contributed by atoms with E-state index in [1.54, 1.807) is 13.0 Å². The molecule has 3 aliphatic heterocycles. The van der Waals surface area contributed by atoms with Crippen molar-refractivity contribution in [3.8, 4) is 0 Å². The van der Waals surface area contributed by atoms with Crippen LogP contribution >= 0.6 is 0 Å². The topological polar surface area (TPSA) is 132 Å². The fourth-order valence-electron chi connectivity index (χ4n) is 10.2. The Bertz CT molecular complexity index is 1090. The Hall–Kier alpha value is -1.36. The molecule has 3 heterocycles. The second kappa shape index (κ2) is 8.10. The summed E-state index contributed by atoms with van der Waals surface area (Å²) in [5.74, 6) is -2.55. The molecule has 7 rings (SSSR count). The van der Waals surface area contributed by atoms with E-state index in [4.69, 9.17) is 18.9 Å². The summed E-state index contributed by atoms with van der Waals surface area (Å²) < 4.78 is 23.4. The third-order valence-electron chi connectivity index (χ3n) is 12.2. The average molecular weight is 533 g/mol. The van der Waals surface area contributed by atoms with Crippen LogP contribution in [0.2, 0.25) is 0 Å². The van der Waals surface area contributed by atoms with Gasteiger partial charge in [-0.2, -0.15) is 0 Å². The van der Waals surface area contributed by atoms with Crippen molar-refractivity contribution >= 4 is 11.8 Å². The molecule has 13 atom stereocenters. The molecular formula is C29H40O9. The maximum atomic E-state index is 12.8. The summed E-state index contributed by atoms with van der Waals surface area (Å²) in [7, 11) is 0. The van der Waals surface area contributed by atoms with Gasteiger partial charge in [0.2, 0.25) is 6.29 Å². The molecule has 4 aliphatic carbocycles. The van der Waals surface area contributed by atoms with Crippen molar-refractivity contribution in [1.82, 2.24) is 0 Å². The molecule has 9 nitrogen and oxygen atoms in total. The molecule has 0 aromatic rings. The van der Waals surface area contributed by atoms with Crippen LogP contribution in [0.1, 0.15) is 72.1 Å². The molecule has 4 saturated carbocycles. The molecular weight excluding hydrogens is 492 g/mol. The smallest absolute Gasteiger partial charge is 0.331 e. The van der Waals surface area contributed by atoms with Crippen molar-refractivity contribution in [2.24, 2.45) is 34.5 Å². The van der Waals surface area contributed by atoms with Gasteiger partial charge in [-0.25, -0.2) is 4.79 Å². The summed E-state index contributed by atoms with van der Waals surface area (Å²) in [5, 5.41) is 35.1. The van der Waals surface area contributed by atoms with Crippen LogP contribution in [-0.4, -0.2) is 75.8 Å². The second-order valence-corrected chi connectivity index (χ2v) is 13.8. The molecule has 0 radical (unpaired) electrons. The number of esters is 1. The summed E-state index contributed by atoms with van der Waals surface area (Å²) in [6.07, 6.45) is 3.72. The predicted molar refractivity (Wildman–Crippen MR) is 131 cm³/mol. The fraction of sp³-hybridized carbons (Fsp3) is 0.862. The Balaban J connectivity index is 1.18. The minimum Gasteiger partial charge on any atom is -0.458 e. The highest BCUT2D eigenvalue weighted by atomic mass is 16.8. The normalized spacial score (nSPS) is 57.6. The fourth-order valence-corrected chi connectivity index (χ4v) is 10.2. The van der Waals surface area contributed by atoms with Gasteiger partial charge < -0.3 is 34.3 Å². The number of carbonyl (C=O) groups excluding carboxylic acids is 2. The third-order valence-corrected chi connectivity index (χ3v) is 12.2. The van der Waals surface area contributed by atoms with Gasteiger partial charge in [-0.1, -0.05) is 13.8 Å². The van der Waals surface area contributed by atoms with E-state index in [1.165, 1.54) is 0 Å². The van der Waals surface area contributed by atoms with Crippen LogP contribution in [-0.2, 0) is 28.5 Å². The number of rotatable bonds is 1. The number of hydrogen-bond acceptors (Lipinski definition) is 9. The molecule has 7 aliphatic rings. The summed E-state index contributed by atoms with van der Waals surface area (Å²) in [6, 6.07) is 0. The molecule has 0 aromatic heterocycles. The lowest BCUT2D eigenvalue weighted by Crippen LogP contribution is -2.70. The number of Topliss-reactive ketones (excluding diaryl/α,β-unsaturated/α-hetero) is 1. The number of carbonyl (C=O) groups is 2. The SMILES string of the molecule is C[C@@H]1CC(=O)[C@]2(O)O[C@@H]3C[C@@]4(C)[C@@H](CC[C@@H]5[C@@H]4CC[C@]4(C)[C@@H](C6=CC(=O)OC6)C[C@@H](O)[C@]54O)C[C@H]3O[C@@H]2O1. The Morgan fingerprint density at radius 3 is 2.53 bits per heavy atom. The molecule has 9 heteroatoms. The maximum Gasteiger partial charge on any atom is 0.331 e. The van der Waals surface area contributed by atoms with E-state index in [2.05, 4.69) is 13.8 Å². The molecule has 2 saturated heterocycles. The summed E-state index contributed by atoms with van der Waals surface area (Å²) in [5.41, 5.74) is -1.14. The van der Waals surface area contributed by atoms with Gasteiger partial charge in [-0.15, -0.1) is 0 Å². The highest BCUT2D eigenvalue weighted by molar-refractivity contribution is 5.87. The molecule has 38 heavy (non-hydrogen) atoms. The van der Waals surface area contributed by atoms with Gasteiger partial charge in [0.05, 0.1) is 30.0 Å². The van der Waals surface area contributed by atoms with Gasteiger partial charge >= 0.3 is 5.97 Å². The molecule has 0 spiro atoms. The van der Waals surface area contributed by atoms with Crippen LogP contribution in [0.15, 0.2) is 11.6 Å². The minimum absolute atomic E-state index is 0.0794. The second-order valence-electron chi connectivity index (χ2n) is 13.8. The molecule has 0 amide bonds. The van der Waals surface area contributed by atoms with E-state index >= 15 is 0 Å². The number of ketones is 1. The lowest BCUT2D eigenvalue weighted by Gasteiger charge is -2.65. The number of hydrogen-bond donors (Lipinski definition) is 3. The quantitative estimate of drug-likeness (QED) is 0.343. The Kier molecular flexibility index (Phi) is 5.46. The summed E-state index contributed by atoms with van der Waals surface area (Å²) in [4.78, 5) is 24.6. The van der Waals surface area contributed by atoms with E-state index < -0.39 is 41.1 Å². The van der Waals surface area contributed by atoms with E-state index in [0.29, 0.717) is 18.8 Å².